The van der Waals surface area contributed by atoms with E-state index in [4.69, 9.17) is 17.2 Å². The zero-order valence-corrected chi connectivity index (χ0v) is 22.8. The fourth-order valence-corrected chi connectivity index (χ4v) is 4.70. The zero-order valence-electron chi connectivity index (χ0n) is 21.9. The molecule has 0 aliphatic rings. The first-order chi connectivity index (χ1) is 20.1. The summed E-state index contributed by atoms with van der Waals surface area (Å²) in [5.74, 6) is 0.550. The van der Waals surface area contributed by atoms with Crippen molar-refractivity contribution in [2.45, 2.75) is 0 Å². The number of nitrogens with one attached hydrogen (secondary N) is 2. The van der Waals surface area contributed by atoms with Gasteiger partial charge in [-0.3, -0.25) is 14.4 Å². The van der Waals surface area contributed by atoms with E-state index in [1.54, 1.807) is 10.6 Å². The lowest BCUT2D eigenvalue weighted by Crippen LogP contribution is -2.22. The van der Waals surface area contributed by atoms with Gasteiger partial charge in [0.2, 0.25) is 0 Å². The number of rotatable bonds is 6. The van der Waals surface area contributed by atoms with Crippen molar-refractivity contribution in [3.8, 4) is 17.1 Å². The molecule has 0 aliphatic heterocycles. The Kier molecular flexibility index (Phi) is 7.42. The van der Waals surface area contributed by atoms with E-state index in [0.717, 1.165) is 28.2 Å². The number of thiocarbonyl (C=S) groups is 1. The molecule has 6 aromatic rings. The van der Waals surface area contributed by atoms with E-state index in [1.807, 2.05) is 134 Å². The van der Waals surface area contributed by atoms with Gasteiger partial charge in [0, 0.05) is 23.2 Å². The fraction of sp³-hybridized carbons (Fsp3) is 0. The Morgan fingerprint density at radius 3 is 2.02 bits per heavy atom. The van der Waals surface area contributed by atoms with Crippen LogP contribution in [0.3, 0.4) is 0 Å². The van der Waals surface area contributed by atoms with Gasteiger partial charge in [-0.2, -0.15) is 0 Å². The highest BCUT2D eigenvalue weighted by Crippen LogP contribution is 2.25. The Balaban J connectivity index is 1.32. The highest BCUT2D eigenvalue weighted by atomic mass is 32.1. The van der Waals surface area contributed by atoms with Crippen molar-refractivity contribution in [1.82, 2.24) is 9.55 Å². The topological polar surface area (TPSA) is 71.3 Å². The summed E-state index contributed by atoms with van der Waals surface area (Å²) in [5.41, 5.74) is 5.54. The van der Waals surface area contributed by atoms with Gasteiger partial charge >= 0.3 is 0 Å². The van der Waals surface area contributed by atoms with E-state index in [9.17, 15) is 4.79 Å². The van der Waals surface area contributed by atoms with Gasteiger partial charge < -0.3 is 10.6 Å². The van der Waals surface area contributed by atoms with Crippen LogP contribution in [0, 0.1) is 0 Å². The number of fused-ring (bicyclic) bond motifs is 1. The average Bonchev–Trinajstić information content (AvgIpc) is 3.02. The highest BCUT2D eigenvalue weighted by molar-refractivity contribution is 7.80. The molecule has 0 saturated heterocycles. The summed E-state index contributed by atoms with van der Waals surface area (Å²) >= 11 is 5.46. The van der Waals surface area contributed by atoms with Crippen LogP contribution < -0.4 is 16.2 Å². The molecule has 0 atom stereocenters. The second kappa shape index (κ2) is 11.8. The molecule has 1 heterocycles. The maximum absolute atomic E-state index is 13.8. The SMILES string of the molecule is O=c1c2ccccc2nc(-c2ccc(N=Cc3ccccc3)cc2)n1-c1ccc(NC(=S)Nc2ccccc2)cc1. The van der Waals surface area contributed by atoms with Crippen LogP contribution in [0.4, 0.5) is 17.1 Å². The van der Waals surface area contributed by atoms with Crippen LogP contribution in [0.5, 0.6) is 0 Å². The lowest BCUT2D eigenvalue weighted by Gasteiger charge is -2.15. The number of hydrogen-bond acceptors (Lipinski definition) is 4. The molecule has 0 aliphatic carbocycles. The molecule has 0 fully saturated rings. The zero-order chi connectivity index (χ0) is 28.0. The van der Waals surface area contributed by atoms with Gasteiger partial charge in [-0.15, -0.1) is 0 Å². The van der Waals surface area contributed by atoms with Crippen LogP contribution in [0.1, 0.15) is 5.56 Å². The molecular formula is C34H25N5OS. The smallest absolute Gasteiger partial charge is 0.266 e. The lowest BCUT2D eigenvalue weighted by atomic mass is 10.1. The van der Waals surface area contributed by atoms with Crippen molar-refractivity contribution in [3.63, 3.8) is 0 Å². The normalized spacial score (nSPS) is 11.0. The Morgan fingerprint density at radius 2 is 1.32 bits per heavy atom. The number of aromatic nitrogens is 2. The molecule has 41 heavy (non-hydrogen) atoms. The quantitative estimate of drug-likeness (QED) is 0.165. The maximum atomic E-state index is 13.8. The van der Waals surface area contributed by atoms with Gasteiger partial charge in [0.15, 0.2) is 5.11 Å². The summed E-state index contributed by atoms with van der Waals surface area (Å²) in [6.45, 7) is 0. The number of benzene rings is 5. The van der Waals surface area contributed by atoms with Gasteiger partial charge in [-0.25, -0.2) is 4.98 Å². The minimum atomic E-state index is -0.140. The molecule has 6 rings (SSSR count). The van der Waals surface area contributed by atoms with Crippen LogP contribution >= 0.6 is 12.2 Å². The number of anilines is 2. The van der Waals surface area contributed by atoms with E-state index in [-0.39, 0.29) is 5.56 Å². The highest BCUT2D eigenvalue weighted by Gasteiger charge is 2.15. The summed E-state index contributed by atoms with van der Waals surface area (Å²) in [6, 6.07) is 42.3. The number of para-hydroxylation sites is 2. The predicted octanol–water partition coefficient (Wildman–Crippen LogP) is 7.61. The van der Waals surface area contributed by atoms with Crippen molar-refractivity contribution < 1.29 is 0 Å². The van der Waals surface area contributed by atoms with Gasteiger partial charge in [-0.1, -0.05) is 60.7 Å². The molecule has 6 nitrogen and oxygen atoms in total. The fourth-order valence-electron chi connectivity index (χ4n) is 4.46. The summed E-state index contributed by atoms with van der Waals surface area (Å²) in [6.07, 6.45) is 1.83. The monoisotopic (exact) mass is 551 g/mol. The van der Waals surface area contributed by atoms with E-state index in [2.05, 4.69) is 15.6 Å². The third-order valence-electron chi connectivity index (χ3n) is 6.48. The second-order valence-corrected chi connectivity index (χ2v) is 9.71. The minimum Gasteiger partial charge on any atom is -0.332 e. The van der Waals surface area contributed by atoms with Crippen molar-refractivity contribution in [2.24, 2.45) is 4.99 Å². The van der Waals surface area contributed by atoms with Crippen LogP contribution in [0.2, 0.25) is 0 Å². The molecule has 5 aromatic carbocycles. The minimum absolute atomic E-state index is 0.140. The first kappa shape index (κ1) is 25.9. The molecular weight excluding hydrogens is 526 g/mol. The van der Waals surface area contributed by atoms with Crippen molar-refractivity contribution in [1.29, 1.82) is 0 Å². The molecule has 1 aromatic heterocycles. The number of aliphatic imine (C=N–C) groups is 1. The molecule has 7 heteroatoms. The van der Waals surface area contributed by atoms with E-state index >= 15 is 0 Å². The molecule has 0 bridgehead atoms. The number of nitrogens with zero attached hydrogens (tertiary/aromatic N) is 3. The van der Waals surface area contributed by atoms with Crippen molar-refractivity contribution in [3.05, 3.63) is 149 Å². The van der Waals surface area contributed by atoms with Crippen LogP contribution in [-0.4, -0.2) is 20.9 Å². The molecule has 0 amide bonds. The molecule has 0 saturated carbocycles. The Morgan fingerprint density at radius 1 is 0.707 bits per heavy atom. The largest absolute Gasteiger partial charge is 0.332 e. The van der Waals surface area contributed by atoms with Crippen molar-refractivity contribution in [2.75, 3.05) is 10.6 Å². The van der Waals surface area contributed by atoms with Gasteiger partial charge in [-0.05, 0) is 90.6 Å². The Hall–Kier alpha value is -5.40. The molecule has 0 radical (unpaired) electrons. The molecule has 0 unspecified atom stereocenters. The third kappa shape index (κ3) is 5.95. The van der Waals surface area contributed by atoms with Gasteiger partial charge in [0.1, 0.15) is 5.82 Å². The van der Waals surface area contributed by atoms with Gasteiger partial charge in [0.05, 0.1) is 22.3 Å². The van der Waals surface area contributed by atoms with Crippen LogP contribution in [0.25, 0.3) is 28.0 Å². The predicted molar refractivity (Wildman–Crippen MR) is 173 cm³/mol. The molecule has 0 spiro atoms. The third-order valence-corrected chi connectivity index (χ3v) is 6.68. The van der Waals surface area contributed by atoms with Gasteiger partial charge in [0.25, 0.3) is 5.56 Å². The Labute approximate surface area is 242 Å². The van der Waals surface area contributed by atoms with Crippen LogP contribution in [0.15, 0.2) is 143 Å². The lowest BCUT2D eigenvalue weighted by molar-refractivity contribution is 0.976. The molecule has 198 valence electrons. The summed E-state index contributed by atoms with van der Waals surface area (Å²) < 4.78 is 1.65. The van der Waals surface area contributed by atoms with E-state index in [1.165, 1.54) is 0 Å². The maximum Gasteiger partial charge on any atom is 0.266 e. The van der Waals surface area contributed by atoms with E-state index < -0.39 is 0 Å². The standard InChI is InChI=1S/C34H25N5OS/c40-33-30-13-7-8-14-31(30)38-32(25-15-17-26(18-16-25)35-23-24-9-3-1-4-10-24)39(33)29-21-19-28(20-22-29)37-34(41)36-27-11-5-2-6-12-27/h1-23H,(H2,36,37,41). The van der Waals surface area contributed by atoms with E-state index in [0.29, 0.717) is 27.5 Å². The number of hydrogen-bond donors (Lipinski definition) is 2. The average molecular weight is 552 g/mol. The first-order valence-electron chi connectivity index (χ1n) is 13.1. The second-order valence-electron chi connectivity index (χ2n) is 9.30. The van der Waals surface area contributed by atoms with Crippen LogP contribution in [-0.2, 0) is 0 Å². The van der Waals surface area contributed by atoms with Crippen molar-refractivity contribution >= 4 is 51.5 Å². The summed E-state index contributed by atoms with van der Waals surface area (Å²) in [7, 11) is 0. The molecule has 2 N–H and O–H groups in total. The first-order valence-corrected chi connectivity index (χ1v) is 13.5. The summed E-state index contributed by atoms with van der Waals surface area (Å²) in [5, 5.41) is 7.39. The summed E-state index contributed by atoms with van der Waals surface area (Å²) in [4.78, 5) is 23.3. The Bertz CT molecular complexity index is 1900.